The Balaban J connectivity index is 1.81. The molecule has 2 aromatic carbocycles. The summed E-state index contributed by atoms with van der Waals surface area (Å²) >= 11 is 0. The van der Waals surface area contributed by atoms with Crippen LogP contribution in [0.15, 0.2) is 59.7 Å². The minimum absolute atomic E-state index is 0.262. The van der Waals surface area contributed by atoms with Crippen LogP contribution < -0.4 is 5.01 Å². The van der Waals surface area contributed by atoms with Crippen molar-refractivity contribution in [1.82, 2.24) is 0 Å². The Morgan fingerprint density at radius 3 is 2.24 bits per heavy atom. The van der Waals surface area contributed by atoms with Crippen molar-refractivity contribution in [1.29, 1.82) is 0 Å². The van der Waals surface area contributed by atoms with E-state index < -0.39 is 23.7 Å². The van der Waals surface area contributed by atoms with Gasteiger partial charge in [0.15, 0.2) is 5.78 Å². The van der Waals surface area contributed by atoms with Gasteiger partial charge < -0.3 is 5.11 Å². The highest BCUT2D eigenvalue weighted by atomic mass is 16.4. The molecule has 1 amide bonds. The Kier molecular flexibility index (Phi) is 5.92. The fourth-order valence-electron chi connectivity index (χ4n) is 3.52. The highest BCUT2D eigenvalue weighted by molar-refractivity contribution is 6.17. The van der Waals surface area contributed by atoms with Crippen LogP contribution in [-0.4, -0.2) is 28.5 Å². The lowest BCUT2D eigenvalue weighted by Gasteiger charge is -2.19. The average molecular weight is 392 g/mol. The maximum atomic E-state index is 12.9. The van der Waals surface area contributed by atoms with Crippen molar-refractivity contribution in [3.63, 3.8) is 0 Å². The summed E-state index contributed by atoms with van der Waals surface area (Å²) < 4.78 is 0. The second kappa shape index (κ2) is 8.39. The third-order valence-electron chi connectivity index (χ3n) is 5.21. The first-order valence-electron chi connectivity index (χ1n) is 9.59. The SMILES string of the molecule is CC1=NN(c2ccccc2)C(=O)[C@@H]1[C@H](CC(=O)c1ccc(C(C)C)cc1)C(=O)O. The summed E-state index contributed by atoms with van der Waals surface area (Å²) in [5.41, 5.74) is 2.51. The van der Waals surface area contributed by atoms with E-state index in [-0.39, 0.29) is 12.2 Å². The number of rotatable bonds is 7. The predicted molar refractivity (Wildman–Crippen MR) is 111 cm³/mol. The molecule has 0 saturated carbocycles. The molecule has 0 aromatic heterocycles. The minimum Gasteiger partial charge on any atom is -0.481 e. The van der Waals surface area contributed by atoms with Gasteiger partial charge in [0.05, 0.1) is 17.5 Å². The molecule has 150 valence electrons. The number of benzene rings is 2. The number of carboxylic acid groups (broad SMARTS) is 1. The van der Waals surface area contributed by atoms with Crippen LogP contribution in [0.25, 0.3) is 0 Å². The second-order valence-corrected chi connectivity index (χ2v) is 7.55. The van der Waals surface area contributed by atoms with Crippen molar-refractivity contribution in [3.8, 4) is 0 Å². The molecule has 6 heteroatoms. The molecule has 1 aliphatic heterocycles. The Labute approximate surface area is 169 Å². The molecule has 0 unspecified atom stereocenters. The lowest BCUT2D eigenvalue weighted by molar-refractivity contribution is -0.144. The van der Waals surface area contributed by atoms with E-state index in [1.54, 1.807) is 43.3 Å². The first-order chi connectivity index (χ1) is 13.8. The Morgan fingerprint density at radius 1 is 1.07 bits per heavy atom. The fraction of sp³-hybridized carbons (Fsp3) is 0.304. The Morgan fingerprint density at radius 2 is 1.69 bits per heavy atom. The number of hydrogen-bond donors (Lipinski definition) is 1. The van der Waals surface area contributed by atoms with E-state index >= 15 is 0 Å². The molecule has 29 heavy (non-hydrogen) atoms. The number of ketones is 1. The maximum absolute atomic E-state index is 12.9. The van der Waals surface area contributed by atoms with Crippen LogP contribution in [-0.2, 0) is 9.59 Å². The molecule has 2 aromatic rings. The number of amides is 1. The zero-order valence-corrected chi connectivity index (χ0v) is 16.7. The van der Waals surface area contributed by atoms with Gasteiger partial charge in [0.25, 0.3) is 5.91 Å². The van der Waals surface area contributed by atoms with Crippen LogP contribution >= 0.6 is 0 Å². The summed E-state index contributed by atoms with van der Waals surface area (Å²) in [7, 11) is 0. The van der Waals surface area contributed by atoms with Crippen molar-refractivity contribution in [2.75, 3.05) is 5.01 Å². The van der Waals surface area contributed by atoms with Gasteiger partial charge in [-0.15, -0.1) is 0 Å². The van der Waals surface area contributed by atoms with Gasteiger partial charge in [-0.05, 0) is 30.5 Å². The lowest BCUT2D eigenvalue weighted by atomic mass is 9.83. The average Bonchev–Trinajstić information content (AvgIpc) is 3.00. The summed E-state index contributed by atoms with van der Waals surface area (Å²) in [6, 6.07) is 16.0. The van der Waals surface area contributed by atoms with Crippen molar-refractivity contribution in [2.45, 2.75) is 33.1 Å². The van der Waals surface area contributed by atoms with Crippen LogP contribution in [0.5, 0.6) is 0 Å². The number of carboxylic acids is 1. The minimum atomic E-state index is -1.18. The topological polar surface area (TPSA) is 87.0 Å². The normalized spacial score (nSPS) is 17.4. The third kappa shape index (κ3) is 4.26. The summed E-state index contributed by atoms with van der Waals surface area (Å²) in [4.78, 5) is 37.6. The number of hydrazone groups is 1. The van der Waals surface area contributed by atoms with Gasteiger partial charge in [-0.1, -0.05) is 56.3 Å². The molecule has 6 nitrogen and oxygen atoms in total. The number of hydrogen-bond acceptors (Lipinski definition) is 4. The van der Waals surface area contributed by atoms with E-state index in [4.69, 9.17) is 0 Å². The summed E-state index contributed by atoms with van der Waals surface area (Å²) in [6.07, 6.45) is -0.262. The first-order valence-corrected chi connectivity index (χ1v) is 9.59. The zero-order valence-electron chi connectivity index (χ0n) is 16.7. The molecule has 3 rings (SSSR count). The van der Waals surface area contributed by atoms with E-state index in [0.29, 0.717) is 22.9 Å². The second-order valence-electron chi connectivity index (χ2n) is 7.55. The van der Waals surface area contributed by atoms with Gasteiger partial charge in [0.1, 0.15) is 0 Å². The number of carbonyl (C=O) groups excluding carboxylic acids is 2. The fourth-order valence-corrected chi connectivity index (χ4v) is 3.52. The zero-order chi connectivity index (χ0) is 21.1. The van der Waals surface area contributed by atoms with Crippen molar-refractivity contribution >= 4 is 29.1 Å². The van der Waals surface area contributed by atoms with E-state index in [0.717, 1.165) is 5.56 Å². The number of aliphatic carboxylic acids is 1. The number of Topliss-reactive ketones (excluding diaryl/α,β-unsaturated/α-hetero) is 1. The summed E-state index contributed by atoms with van der Waals surface area (Å²) in [5.74, 6) is -3.70. The molecular formula is C23H24N2O4. The van der Waals surface area contributed by atoms with Gasteiger partial charge in [-0.3, -0.25) is 14.4 Å². The Bertz CT molecular complexity index is 949. The van der Waals surface area contributed by atoms with Crippen LogP contribution in [0.3, 0.4) is 0 Å². The van der Waals surface area contributed by atoms with E-state index in [9.17, 15) is 19.5 Å². The molecular weight excluding hydrogens is 368 g/mol. The quantitative estimate of drug-likeness (QED) is 0.718. The largest absolute Gasteiger partial charge is 0.481 e. The van der Waals surface area contributed by atoms with Crippen LogP contribution in [0, 0.1) is 11.8 Å². The molecule has 0 fully saturated rings. The van der Waals surface area contributed by atoms with Crippen LogP contribution in [0.2, 0.25) is 0 Å². The monoisotopic (exact) mass is 392 g/mol. The van der Waals surface area contributed by atoms with E-state index in [1.807, 2.05) is 18.2 Å². The third-order valence-corrected chi connectivity index (χ3v) is 5.21. The molecule has 0 saturated heterocycles. The van der Waals surface area contributed by atoms with Gasteiger partial charge >= 0.3 is 5.97 Å². The highest BCUT2D eigenvalue weighted by Gasteiger charge is 2.44. The molecule has 0 spiro atoms. The summed E-state index contributed by atoms with van der Waals surface area (Å²) in [6.45, 7) is 5.75. The lowest BCUT2D eigenvalue weighted by Crippen LogP contribution is -2.37. The van der Waals surface area contributed by atoms with Crippen molar-refractivity contribution in [2.24, 2.45) is 16.9 Å². The molecule has 0 radical (unpaired) electrons. The predicted octanol–water partition coefficient (Wildman–Crippen LogP) is 4.12. The van der Waals surface area contributed by atoms with Gasteiger partial charge in [0, 0.05) is 17.7 Å². The number of anilines is 1. The molecule has 1 heterocycles. The van der Waals surface area contributed by atoms with E-state index in [2.05, 4.69) is 18.9 Å². The summed E-state index contributed by atoms with van der Waals surface area (Å²) in [5, 5.41) is 15.2. The van der Waals surface area contributed by atoms with Gasteiger partial charge in [0.2, 0.25) is 0 Å². The standard InChI is InChI=1S/C23H24N2O4/c1-14(2)16-9-11-17(12-10-16)20(26)13-19(23(28)29)21-15(3)24-25(22(21)27)18-7-5-4-6-8-18/h4-12,14,19,21H,13H2,1-3H3,(H,28,29)/t19-,21-/m0/s1. The smallest absolute Gasteiger partial charge is 0.308 e. The van der Waals surface area contributed by atoms with Crippen molar-refractivity contribution < 1.29 is 19.5 Å². The van der Waals surface area contributed by atoms with Crippen LogP contribution in [0.1, 0.15) is 49.0 Å². The maximum Gasteiger partial charge on any atom is 0.308 e. The Hall–Kier alpha value is -3.28. The molecule has 0 aliphatic carbocycles. The van der Waals surface area contributed by atoms with E-state index in [1.165, 1.54) is 5.01 Å². The first kappa shape index (κ1) is 20.5. The van der Waals surface area contributed by atoms with Crippen LogP contribution in [0.4, 0.5) is 5.69 Å². The highest BCUT2D eigenvalue weighted by Crippen LogP contribution is 2.31. The van der Waals surface area contributed by atoms with Gasteiger partial charge in [-0.25, -0.2) is 5.01 Å². The molecule has 1 aliphatic rings. The van der Waals surface area contributed by atoms with Crippen molar-refractivity contribution in [3.05, 3.63) is 65.7 Å². The molecule has 0 bridgehead atoms. The number of carbonyl (C=O) groups is 3. The molecule has 2 atom stereocenters. The number of nitrogens with zero attached hydrogens (tertiary/aromatic N) is 2. The number of para-hydroxylation sites is 1. The molecule has 1 N–H and O–H groups in total. The van der Waals surface area contributed by atoms with Gasteiger partial charge in [-0.2, -0.15) is 5.10 Å².